The van der Waals surface area contributed by atoms with Crippen molar-refractivity contribution >= 4 is 17.2 Å². The van der Waals surface area contributed by atoms with Crippen LogP contribution in [0, 0.1) is 6.92 Å². The van der Waals surface area contributed by atoms with Gasteiger partial charge in [0.25, 0.3) is 0 Å². The Bertz CT molecular complexity index is 997. The normalized spacial score (nSPS) is 14.7. The monoisotopic (exact) mass is 422 g/mol. The van der Waals surface area contributed by atoms with Crippen LogP contribution >= 0.6 is 0 Å². The summed E-state index contributed by atoms with van der Waals surface area (Å²) in [5, 5.41) is 7.58. The SMILES string of the molecule is Cc1c(C=NN2CCOCC2)oc2cccc(OCCCN(C)Cc3cccnc3)c12. The number of aromatic nitrogens is 1. The first-order valence-electron chi connectivity index (χ1n) is 10.8. The molecule has 0 aliphatic carbocycles. The van der Waals surface area contributed by atoms with E-state index in [-0.39, 0.29) is 0 Å². The largest absolute Gasteiger partial charge is 0.493 e. The molecular formula is C24H30N4O3. The molecule has 31 heavy (non-hydrogen) atoms. The second kappa shape index (κ2) is 10.4. The van der Waals surface area contributed by atoms with Crippen molar-refractivity contribution in [3.8, 4) is 5.75 Å². The summed E-state index contributed by atoms with van der Waals surface area (Å²) in [6, 6.07) is 10.0. The third-order valence-electron chi connectivity index (χ3n) is 5.40. The molecule has 7 nitrogen and oxygen atoms in total. The standard InChI is InChI=1S/C24H30N4O3/c1-19-23(17-26-28-11-14-29-15-12-28)31-22-8-3-7-21(24(19)22)30-13-5-10-27(2)18-20-6-4-9-25-16-20/h3-4,6-9,16-17H,5,10-15,18H2,1-2H3. The van der Waals surface area contributed by atoms with Crippen molar-refractivity contribution in [3.05, 3.63) is 59.6 Å². The van der Waals surface area contributed by atoms with Gasteiger partial charge in [-0.2, -0.15) is 5.10 Å². The van der Waals surface area contributed by atoms with E-state index in [9.17, 15) is 0 Å². The van der Waals surface area contributed by atoms with E-state index in [1.54, 1.807) is 12.4 Å². The summed E-state index contributed by atoms with van der Waals surface area (Å²) >= 11 is 0. The third-order valence-corrected chi connectivity index (χ3v) is 5.40. The first-order valence-corrected chi connectivity index (χ1v) is 10.8. The Kier molecular flexibility index (Phi) is 7.17. The van der Waals surface area contributed by atoms with E-state index in [2.05, 4.69) is 35.0 Å². The molecule has 0 radical (unpaired) electrons. The molecule has 0 unspecified atom stereocenters. The Hall–Kier alpha value is -2.90. The summed E-state index contributed by atoms with van der Waals surface area (Å²) in [6.45, 7) is 7.58. The summed E-state index contributed by atoms with van der Waals surface area (Å²) in [5.41, 5.74) is 3.10. The lowest BCUT2D eigenvalue weighted by Crippen LogP contribution is -2.32. The predicted octanol–water partition coefficient (Wildman–Crippen LogP) is 3.70. The number of fused-ring (bicyclic) bond motifs is 1. The Morgan fingerprint density at radius 3 is 2.90 bits per heavy atom. The van der Waals surface area contributed by atoms with Crippen LogP contribution in [0.15, 0.2) is 52.2 Å². The van der Waals surface area contributed by atoms with E-state index in [1.807, 2.05) is 35.5 Å². The first kappa shape index (κ1) is 21.3. The predicted molar refractivity (Wildman–Crippen MR) is 122 cm³/mol. The van der Waals surface area contributed by atoms with Crippen LogP contribution in [0.4, 0.5) is 0 Å². The molecule has 0 saturated carbocycles. The van der Waals surface area contributed by atoms with Crippen molar-refractivity contribution in [3.63, 3.8) is 0 Å². The highest BCUT2D eigenvalue weighted by Gasteiger charge is 2.14. The summed E-state index contributed by atoms with van der Waals surface area (Å²) in [5.74, 6) is 1.63. The molecule has 3 aromatic rings. The minimum Gasteiger partial charge on any atom is -0.493 e. The molecule has 4 rings (SSSR count). The molecule has 164 valence electrons. The fraction of sp³-hybridized carbons (Fsp3) is 0.417. The highest BCUT2D eigenvalue weighted by molar-refractivity contribution is 5.94. The fourth-order valence-electron chi connectivity index (χ4n) is 3.73. The summed E-state index contributed by atoms with van der Waals surface area (Å²) in [4.78, 5) is 6.46. The quantitative estimate of drug-likeness (QED) is 0.387. The van der Waals surface area contributed by atoms with Gasteiger partial charge in [-0.15, -0.1) is 0 Å². The van der Waals surface area contributed by atoms with Crippen LogP contribution in [0.2, 0.25) is 0 Å². The Labute approximate surface area is 183 Å². The Morgan fingerprint density at radius 2 is 2.10 bits per heavy atom. The van der Waals surface area contributed by atoms with E-state index >= 15 is 0 Å². The third kappa shape index (κ3) is 5.62. The minimum absolute atomic E-state index is 0.651. The lowest BCUT2D eigenvalue weighted by Gasteiger charge is -2.23. The van der Waals surface area contributed by atoms with Crippen LogP contribution in [0.3, 0.4) is 0 Å². The number of aryl methyl sites for hydroxylation is 1. The van der Waals surface area contributed by atoms with Gasteiger partial charge in [0.2, 0.25) is 0 Å². The van der Waals surface area contributed by atoms with E-state index < -0.39 is 0 Å². The number of rotatable bonds is 9. The smallest absolute Gasteiger partial charge is 0.151 e. The molecule has 0 amide bonds. The van der Waals surface area contributed by atoms with Crippen LogP contribution in [-0.4, -0.2) is 67.6 Å². The van der Waals surface area contributed by atoms with E-state index in [1.165, 1.54) is 5.56 Å². The lowest BCUT2D eigenvalue weighted by atomic mass is 10.1. The second-order valence-corrected chi connectivity index (χ2v) is 7.83. The number of benzene rings is 1. The van der Waals surface area contributed by atoms with Crippen molar-refractivity contribution in [1.82, 2.24) is 14.9 Å². The topological polar surface area (TPSA) is 63.3 Å². The van der Waals surface area contributed by atoms with E-state index in [0.29, 0.717) is 19.8 Å². The molecule has 0 bridgehead atoms. The fourth-order valence-corrected chi connectivity index (χ4v) is 3.73. The van der Waals surface area contributed by atoms with Crippen molar-refractivity contribution in [2.45, 2.75) is 19.9 Å². The number of morpholine rings is 1. The van der Waals surface area contributed by atoms with Gasteiger partial charge in [0.05, 0.1) is 44.5 Å². The van der Waals surface area contributed by atoms with Gasteiger partial charge < -0.3 is 18.8 Å². The number of furan rings is 1. The zero-order valence-electron chi connectivity index (χ0n) is 18.3. The van der Waals surface area contributed by atoms with Gasteiger partial charge in [-0.3, -0.25) is 9.99 Å². The molecule has 0 N–H and O–H groups in total. The molecule has 1 fully saturated rings. The minimum atomic E-state index is 0.651. The van der Waals surface area contributed by atoms with E-state index in [4.69, 9.17) is 13.9 Å². The number of hydrogen-bond donors (Lipinski definition) is 0. The van der Waals surface area contributed by atoms with Crippen molar-refractivity contribution in [2.75, 3.05) is 46.5 Å². The number of nitrogens with zero attached hydrogens (tertiary/aromatic N) is 4. The summed E-state index contributed by atoms with van der Waals surface area (Å²) < 4.78 is 17.5. The highest BCUT2D eigenvalue weighted by Crippen LogP contribution is 2.32. The maximum Gasteiger partial charge on any atom is 0.151 e. The highest BCUT2D eigenvalue weighted by atomic mass is 16.5. The molecule has 1 saturated heterocycles. The summed E-state index contributed by atoms with van der Waals surface area (Å²) in [7, 11) is 2.12. The number of hydrazone groups is 1. The molecule has 1 aliphatic heterocycles. The van der Waals surface area contributed by atoms with Crippen LogP contribution < -0.4 is 4.74 Å². The van der Waals surface area contributed by atoms with Gasteiger partial charge in [-0.25, -0.2) is 0 Å². The van der Waals surface area contributed by atoms with Gasteiger partial charge in [-0.05, 0) is 44.2 Å². The second-order valence-electron chi connectivity index (χ2n) is 7.83. The van der Waals surface area contributed by atoms with Crippen LogP contribution in [0.1, 0.15) is 23.3 Å². The van der Waals surface area contributed by atoms with Gasteiger partial charge in [0.15, 0.2) is 5.76 Å². The lowest BCUT2D eigenvalue weighted by molar-refractivity contribution is 0.0396. The van der Waals surface area contributed by atoms with Crippen LogP contribution in [0.25, 0.3) is 11.0 Å². The van der Waals surface area contributed by atoms with E-state index in [0.717, 1.165) is 60.6 Å². The number of ether oxygens (including phenoxy) is 2. The number of hydrogen-bond acceptors (Lipinski definition) is 7. The zero-order chi connectivity index (χ0) is 21.5. The average molecular weight is 423 g/mol. The van der Waals surface area contributed by atoms with Gasteiger partial charge in [0.1, 0.15) is 11.3 Å². The molecule has 1 aliphatic rings. The Morgan fingerprint density at radius 1 is 1.23 bits per heavy atom. The maximum atomic E-state index is 6.14. The molecule has 1 aromatic carbocycles. The molecule has 0 spiro atoms. The molecule has 3 heterocycles. The number of pyridine rings is 1. The van der Waals surface area contributed by atoms with Gasteiger partial charge in [-0.1, -0.05) is 12.1 Å². The average Bonchev–Trinajstić information content (AvgIpc) is 3.13. The first-order chi connectivity index (χ1) is 15.2. The molecular weight excluding hydrogens is 392 g/mol. The Balaban J connectivity index is 1.34. The van der Waals surface area contributed by atoms with Gasteiger partial charge >= 0.3 is 0 Å². The van der Waals surface area contributed by atoms with Crippen molar-refractivity contribution < 1.29 is 13.9 Å². The van der Waals surface area contributed by atoms with Crippen molar-refractivity contribution in [2.24, 2.45) is 5.10 Å². The van der Waals surface area contributed by atoms with Gasteiger partial charge in [0, 0.05) is 31.0 Å². The molecule has 7 heteroatoms. The van der Waals surface area contributed by atoms with Crippen molar-refractivity contribution in [1.29, 1.82) is 0 Å². The van der Waals surface area contributed by atoms with Crippen LogP contribution in [0.5, 0.6) is 5.75 Å². The van der Waals surface area contributed by atoms with Crippen LogP contribution in [-0.2, 0) is 11.3 Å². The summed E-state index contributed by atoms with van der Waals surface area (Å²) in [6.07, 6.45) is 6.46. The molecule has 0 atom stereocenters. The molecule has 2 aromatic heterocycles. The zero-order valence-corrected chi connectivity index (χ0v) is 18.3. The maximum absolute atomic E-state index is 6.14.